The van der Waals surface area contributed by atoms with Gasteiger partial charge in [0.2, 0.25) is 6.04 Å². The standard InChI is InChI=1S/C13H16BrNO4/c1-3-18-12(16)11(13(17)19-4-2)15-10-8-6-5-7-9(10)14/h5-8,11,15H,3-4H2,1-2H3. The summed E-state index contributed by atoms with van der Waals surface area (Å²) in [6, 6.07) is 6.00. The minimum Gasteiger partial charge on any atom is -0.464 e. The van der Waals surface area contributed by atoms with Crippen LogP contribution in [-0.4, -0.2) is 31.2 Å². The summed E-state index contributed by atoms with van der Waals surface area (Å²) in [5.41, 5.74) is 0.619. The monoisotopic (exact) mass is 329 g/mol. The van der Waals surface area contributed by atoms with E-state index in [1.807, 2.05) is 6.07 Å². The summed E-state index contributed by atoms with van der Waals surface area (Å²) in [5.74, 6) is -1.31. The average molecular weight is 330 g/mol. The van der Waals surface area contributed by atoms with E-state index < -0.39 is 18.0 Å². The first-order valence-electron chi connectivity index (χ1n) is 5.94. The highest BCUT2D eigenvalue weighted by Crippen LogP contribution is 2.22. The van der Waals surface area contributed by atoms with Crippen molar-refractivity contribution in [3.63, 3.8) is 0 Å². The highest BCUT2D eigenvalue weighted by Gasteiger charge is 2.29. The number of para-hydroxylation sites is 1. The summed E-state index contributed by atoms with van der Waals surface area (Å²) in [7, 11) is 0. The molecule has 104 valence electrons. The van der Waals surface area contributed by atoms with Crippen LogP contribution in [0.4, 0.5) is 5.69 Å². The van der Waals surface area contributed by atoms with Crippen molar-refractivity contribution in [3.8, 4) is 0 Å². The largest absolute Gasteiger partial charge is 0.464 e. The number of nitrogens with one attached hydrogen (secondary N) is 1. The molecule has 0 radical (unpaired) electrons. The summed E-state index contributed by atoms with van der Waals surface area (Å²) < 4.78 is 10.5. The molecular formula is C13H16BrNO4. The first-order valence-corrected chi connectivity index (χ1v) is 6.73. The van der Waals surface area contributed by atoms with Gasteiger partial charge in [-0.25, -0.2) is 9.59 Å². The number of carbonyl (C=O) groups is 2. The molecule has 5 nitrogen and oxygen atoms in total. The Kier molecular flexibility index (Phi) is 6.35. The number of ether oxygens (including phenoxy) is 2. The maximum atomic E-state index is 11.8. The van der Waals surface area contributed by atoms with Crippen molar-refractivity contribution in [1.82, 2.24) is 0 Å². The second-order valence-corrected chi connectivity index (χ2v) is 4.42. The molecule has 1 aromatic carbocycles. The predicted molar refractivity (Wildman–Crippen MR) is 74.8 cm³/mol. The third-order valence-corrected chi connectivity index (χ3v) is 2.91. The Hall–Kier alpha value is -1.56. The van der Waals surface area contributed by atoms with Crippen molar-refractivity contribution in [2.24, 2.45) is 0 Å². The van der Waals surface area contributed by atoms with Crippen LogP contribution in [0.3, 0.4) is 0 Å². The summed E-state index contributed by atoms with van der Waals surface area (Å²) in [6.45, 7) is 3.76. The molecule has 6 heteroatoms. The fourth-order valence-corrected chi connectivity index (χ4v) is 1.80. The Labute approximate surface area is 120 Å². The van der Waals surface area contributed by atoms with E-state index in [0.717, 1.165) is 4.47 Å². The summed E-state index contributed by atoms with van der Waals surface area (Å²) in [6.07, 6.45) is 0. The van der Waals surface area contributed by atoms with E-state index >= 15 is 0 Å². The second kappa shape index (κ2) is 7.78. The van der Waals surface area contributed by atoms with Gasteiger partial charge in [0, 0.05) is 10.2 Å². The first kappa shape index (κ1) is 15.5. The fraction of sp³-hybridized carbons (Fsp3) is 0.385. The Morgan fingerprint density at radius 1 is 1.16 bits per heavy atom. The summed E-state index contributed by atoms with van der Waals surface area (Å²) in [5, 5.41) is 2.82. The maximum Gasteiger partial charge on any atom is 0.340 e. The third-order valence-electron chi connectivity index (χ3n) is 2.22. The van der Waals surface area contributed by atoms with Gasteiger partial charge >= 0.3 is 11.9 Å². The zero-order valence-corrected chi connectivity index (χ0v) is 12.4. The van der Waals surface area contributed by atoms with Gasteiger partial charge in [0.05, 0.1) is 13.2 Å². The normalized spacial score (nSPS) is 10.1. The summed E-state index contributed by atoms with van der Waals surface area (Å²) in [4.78, 5) is 23.5. The fourth-order valence-electron chi connectivity index (χ4n) is 1.40. The van der Waals surface area contributed by atoms with Crippen LogP contribution in [0.25, 0.3) is 0 Å². The van der Waals surface area contributed by atoms with Gasteiger partial charge in [-0.2, -0.15) is 0 Å². The molecule has 0 aliphatic rings. The van der Waals surface area contributed by atoms with Crippen LogP contribution < -0.4 is 5.32 Å². The minimum absolute atomic E-state index is 0.201. The third kappa shape index (κ3) is 4.55. The maximum absolute atomic E-state index is 11.8. The van der Waals surface area contributed by atoms with Gasteiger partial charge in [0.25, 0.3) is 0 Å². The van der Waals surface area contributed by atoms with Gasteiger partial charge in [-0.05, 0) is 41.9 Å². The number of halogens is 1. The Morgan fingerprint density at radius 3 is 2.16 bits per heavy atom. The van der Waals surface area contributed by atoms with Gasteiger partial charge in [0.1, 0.15) is 0 Å². The van der Waals surface area contributed by atoms with E-state index in [2.05, 4.69) is 21.2 Å². The molecule has 1 rings (SSSR count). The van der Waals surface area contributed by atoms with Gasteiger partial charge in [-0.3, -0.25) is 0 Å². The zero-order valence-electron chi connectivity index (χ0n) is 10.8. The van der Waals surface area contributed by atoms with Crippen LogP contribution in [0.1, 0.15) is 13.8 Å². The molecule has 0 atom stereocenters. The first-order chi connectivity index (χ1) is 9.10. The SMILES string of the molecule is CCOC(=O)C(Nc1ccccc1Br)C(=O)OCC. The molecule has 0 saturated carbocycles. The van der Waals surface area contributed by atoms with E-state index in [9.17, 15) is 9.59 Å². The van der Waals surface area contributed by atoms with E-state index in [4.69, 9.17) is 9.47 Å². The van der Waals surface area contributed by atoms with Crippen molar-refractivity contribution in [2.45, 2.75) is 19.9 Å². The molecule has 1 N–H and O–H groups in total. The van der Waals surface area contributed by atoms with Crippen molar-refractivity contribution >= 4 is 33.6 Å². The molecule has 0 aliphatic heterocycles. The number of hydrogen-bond donors (Lipinski definition) is 1. The number of anilines is 1. The summed E-state index contributed by atoms with van der Waals surface area (Å²) >= 11 is 3.33. The van der Waals surface area contributed by atoms with Crippen molar-refractivity contribution in [1.29, 1.82) is 0 Å². The highest BCUT2D eigenvalue weighted by molar-refractivity contribution is 9.10. The van der Waals surface area contributed by atoms with Gasteiger partial charge in [0.15, 0.2) is 0 Å². The molecule has 19 heavy (non-hydrogen) atoms. The van der Waals surface area contributed by atoms with E-state index in [1.165, 1.54) is 0 Å². The van der Waals surface area contributed by atoms with Crippen molar-refractivity contribution in [2.75, 3.05) is 18.5 Å². The van der Waals surface area contributed by atoms with Gasteiger partial charge in [-0.1, -0.05) is 12.1 Å². The highest BCUT2D eigenvalue weighted by atomic mass is 79.9. The lowest BCUT2D eigenvalue weighted by atomic mass is 10.2. The zero-order chi connectivity index (χ0) is 14.3. The van der Waals surface area contributed by atoms with Crippen LogP contribution in [-0.2, 0) is 19.1 Å². The minimum atomic E-state index is -1.17. The van der Waals surface area contributed by atoms with E-state index in [0.29, 0.717) is 5.69 Å². The lowest BCUT2D eigenvalue weighted by molar-refractivity contribution is -0.155. The van der Waals surface area contributed by atoms with Gasteiger partial charge in [-0.15, -0.1) is 0 Å². The quantitative estimate of drug-likeness (QED) is 0.641. The number of esters is 2. The van der Waals surface area contributed by atoms with Crippen LogP contribution in [0.15, 0.2) is 28.7 Å². The Bertz CT molecular complexity index is 432. The molecule has 0 aromatic heterocycles. The lowest BCUT2D eigenvalue weighted by Gasteiger charge is -2.17. The van der Waals surface area contributed by atoms with Gasteiger partial charge < -0.3 is 14.8 Å². The van der Waals surface area contributed by atoms with Crippen LogP contribution in [0, 0.1) is 0 Å². The number of benzene rings is 1. The average Bonchev–Trinajstić information content (AvgIpc) is 2.38. The molecule has 0 spiro atoms. The molecule has 0 fully saturated rings. The lowest BCUT2D eigenvalue weighted by Crippen LogP contribution is -2.40. The van der Waals surface area contributed by atoms with Crippen LogP contribution in [0.5, 0.6) is 0 Å². The molecule has 0 unspecified atom stereocenters. The van der Waals surface area contributed by atoms with Crippen LogP contribution in [0.2, 0.25) is 0 Å². The molecule has 1 aromatic rings. The number of hydrogen-bond acceptors (Lipinski definition) is 5. The molecule has 0 heterocycles. The predicted octanol–water partition coefficient (Wildman–Crippen LogP) is 2.36. The molecular weight excluding hydrogens is 314 g/mol. The molecule has 0 aliphatic carbocycles. The number of rotatable bonds is 6. The molecule has 0 amide bonds. The number of carbonyl (C=O) groups excluding carboxylic acids is 2. The second-order valence-electron chi connectivity index (χ2n) is 3.56. The van der Waals surface area contributed by atoms with Crippen LogP contribution >= 0.6 is 15.9 Å². The van der Waals surface area contributed by atoms with E-state index in [-0.39, 0.29) is 13.2 Å². The molecule has 0 bridgehead atoms. The topological polar surface area (TPSA) is 64.6 Å². The van der Waals surface area contributed by atoms with Crippen molar-refractivity contribution < 1.29 is 19.1 Å². The van der Waals surface area contributed by atoms with E-state index in [1.54, 1.807) is 32.0 Å². The Balaban J connectivity index is 2.88. The molecule has 0 saturated heterocycles. The Morgan fingerprint density at radius 2 is 1.68 bits per heavy atom. The smallest absolute Gasteiger partial charge is 0.340 e. The van der Waals surface area contributed by atoms with Crippen molar-refractivity contribution in [3.05, 3.63) is 28.7 Å².